The van der Waals surface area contributed by atoms with Gasteiger partial charge in [0.2, 0.25) is 0 Å². The van der Waals surface area contributed by atoms with E-state index in [9.17, 15) is 14.4 Å². The van der Waals surface area contributed by atoms with Crippen LogP contribution in [0.3, 0.4) is 0 Å². The molecule has 0 bridgehead atoms. The number of rotatable bonds is 9. The number of halogens is 1. The smallest absolute Gasteiger partial charge is 0.261 e. The SMILES string of the molecule is CCCCNCCCCN1C(=O)c2cccc3c(-c4cc(=O)c5ccccc5o4)ccc(c23)C1=O.Cl. The Morgan fingerprint density at radius 2 is 1.47 bits per heavy atom. The molecule has 2 amide bonds. The van der Waals surface area contributed by atoms with Crippen LogP contribution in [0.25, 0.3) is 33.1 Å². The second-order valence-electron chi connectivity index (χ2n) is 8.93. The van der Waals surface area contributed by atoms with Crippen molar-refractivity contribution in [1.82, 2.24) is 10.2 Å². The quantitative estimate of drug-likeness (QED) is 0.230. The number of para-hydroxylation sites is 1. The van der Waals surface area contributed by atoms with Crippen LogP contribution in [0, 0.1) is 0 Å². The predicted octanol–water partition coefficient (Wildman–Crippen LogP) is 5.80. The second-order valence-corrected chi connectivity index (χ2v) is 8.93. The number of carbonyl (C=O) groups excluding carboxylic acids is 2. The fraction of sp³-hybridized carbons (Fsp3) is 0.276. The molecule has 3 aromatic carbocycles. The van der Waals surface area contributed by atoms with Crippen molar-refractivity contribution in [2.45, 2.75) is 32.6 Å². The summed E-state index contributed by atoms with van der Waals surface area (Å²) in [5.41, 5.74) is 2.05. The third-order valence-corrected chi connectivity index (χ3v) is 6.58. The van der Waals surface area contributed by atoms with E-state index in [-0.39, 0.29) is 29.7 Å². The first kappa shape index (κ1) is 25.6. The van der Waals surface area contributed by atoms with Gasteiger partial charge < -0.3 is 9.73 Å². The summed E-state index contributed by atoms with van der Waals surface area (Å²) in [5.74, 6) is -0.136. The summed E-state index contributed by atoms with van der Waals surface area (Å²) in [4.78, 5) is 40.7. The molecule has 6 nitrogen and oxygen atoms in total. The second kappa shape index (κ2) is 11.1. The minimum atomic E-state index is -0.274. The highest BCUT2D eigenvalue weighted by atomic mass is 35.5. The molecule has 0 aliphatic carbocycles. The van der Waals surface area contributed by atoms with Crippen molar-refractivity contribution < 1.29 is 14.0 Å². The van der Waals surface area contributed by atoms with Crippen LogP contribution >= 0.6 is 12.4 Å². The summed E-state index contributed by atoms with van der Waals surface area (Å²) in [7, 11) is 0. The normalized spacial score (nSPS) is 12.9. The van der Waals surface area contributed by atoms with Gasteiger partial charge in [-0.15, -0.1) is 12.4 Å². The lowest BCUT2D eigenvalue weighted by Gasteiger charge is -2.27. The van der Waals surface area contributed by atoms with Crippen LogP contribution < -0.4 is 10.7 Å². The fourth-order valence-corrected chi connectivity index (χ4v) is 4.75. The van der Waals surface area contributed by atoms with Crippen molar-refractivity contribution in [2.24, 2.45) is 0 Å². The van der Waals surface area contributed by atoms with Crippen LogP contribution in [-0.4, -0.2) is 36.3 Å². The number of unbranched alkanes of at least 4 members (excludes halogenated alkanes) is 2. The standard InChI is InChI=1S/C29H28N2O4.ClH/c1-2-3-15-30-16-6-7-17-31-28(33)22-11-8-10-20-19(13-14-23(27(20)22)29(31)34)26-18-24(32)21-9-4-5-12-25(21)35-26;/h4-5,8-14,18,30H,2-3,6-7,15-17H2,1H3;1H. The van der Waals surface area contributed by atoms with E-state index >= 15 is 0 Å². The van der Waals surface area contributed by atoms with Crippen molar-refractivity contribution in [3.05, 3.63) is 82.0 Å². The Kier molecular flexibility index (Phi) is 7.87. The van der Waals surface area contributed by atoms with Crippen molar-refractivity contribution in [2.75, 3.05) is 19.6 Å². The Morgan fingerprint density at radius 3 is 2.28 bits per heavy atom. The molecule has 0 unspecified atom stereocenters. The van der Waals surface area contributed by atoms with Gasteiger partial charge in [-0.05, 0) is 68.1 Å². The molecule has 1 aliphatic heterocycles. The van der Waals surface area contributed by atoms with Gasteiger partial charge in [0.25, 0.3) is 11.8 Å². The van der Waals surface area contributed by atoms with Crippen LogP contribution in [0.2, 0.25) is 0 Å². The molecule has 0 atom stereocenters. The van der Waals surface area contributed by atoms with Gasteiger partial charge in [0.1, 0.15) is 11.3 Å². The number of amides is 2. The number of nitrogens with zero attached hydrogens (tertiary/aromatic N) is 1. The summed E-state index contributed by atoms with van der Waals surface area (Å²) in [6.45, 7) is 4.42. The van der Waals surface area contributed by atoms with Crippen molar-refractivity contribution in [3.8, 4) is 11.3 Å². The maximum absolute atomic E-state index is 13.3. The highest BCUT2D eigenvalue weighted by Gasteiger charge is 2.33. The molecule has 0 saturated heterocycles. The number of carbonyl (C=O) groups is 2. The summed E-state index contributed by atoms with van der Waals surface area (Å²) in [6.07, 6.45) is 3.96. The zero-order chi connectivity index (χ0) is 24.4. The molecule has 0 spiro atoms. The summed E-state index contributed by atoms with van der Waals surface area (Å²) >= 11 is 0. The zero-order valence-electron chi connectivity index (χ0n) is 20.2. The van der Waals surface area contributed by atoms with Crippen LogP contribution in [0.1, 0.15) is 53.3 Å². The monoisotopic (exact) mass is 504 g/mol. The summed E-state index contributed by atoms with van der Waals surface area (Å²) < 4.78 is 6.06. The van der Waals surface area contributed by atoms with E-state index in [1.807, 2.05) is 18.2 Å². The van der Waals surface area contributed by atoms with E-state index in [4.69, 9.17) is 4.42 Å². The van der Waals surface area contributed by atoms with E-state index < -0.39 is 0 Å². The van der Waals surface area contributed by atoms with Crippen LogP contribution in [0.5, 0.6) is 0 Å². The molecule has 0 fully saturated rings. The molecule has 4 aromatic rings. The molecular weight excluding hydrogens is 476 g/mol. The fourth-order valence-electron chi connectivity index (χ4n) is 4.75. The molecule has 1 aliphatic rings. The van der Waals surface area contributed by atoms with Gasteiger partial charge in [-0.3, -0.25) is 19.3 Å². The Labute approximate surface area is 215 Å². The highest BCUT2D eigenvalue weighted by molar-refractivity contribution is 6.26. The third kappa shape index (κ3) is 4.66. The maximum Gasteiger partial charge on any atom is 0.261 e. The maximum atomic E-state index is 13.3. The van der Waals surface area contributed by atoms with Gasteiger partial charge >= 0.3 is 0 Å². The Bertz CT molecular complexity index is 1470. The molecular formula is C29H29ClN2O4. The lowest BCUT2D eigenvalue weighted by molar-refractivity contribution is 0.0608. The number of hydrogen-bond donors (Lipinski definition) is 1. The molecule has 1 aromatic heterocycles. The van der Waals surface area contributed by atoms with Gasteiger partial charge in [0.15, 0.2) is 5.43 Å². The zero-order valence-corrected chi connectivity index (χ0v) is 21.0. The molecule has 5 rings (SSSR count). The summed E-state index contributed by atoms with van der Waals surface area (Å²) in [5, 5.41) is 5.25. The van der Waals surface area contributed by atoms with Crippen LogP contribution in [-0.2, 0) is 0 Å². The van der Waals surface area contributed by atoms with Gasteiger partial charge in [-0.25, -0.2) is 0 Å². The largest absolute Gasteiger partial charge is 0.456 e. The van der Waals surface area contributed by atoms with Crippen LogP contribution in [0.4, 0.5) is 0 Å². The first-order chi connectivity index (χ1) is 17.1. The van der Waals surface area contributed by atoms with Gasteiger partial charge in [0, 0.05) is 34.7 Å². The first-order valence-corrected chi connectivity index (χ1v) is 12.3. The number of fused-ring (bicyclic) bond motifs is 1. The van der Waals surface area contributed by atoms with E-state index in [1.165, 1.54) is 11.0 Å². The average Bonchev–Trinajstić information content (AvgIpc) is 2.88. The average molecular weight is 505 g/mol. The predicted molar refractivity (Wildman–Crippen MR) is 145 cm³/mol. The molecule has 2 heterocycles. The molecule has 186 valence electrons. The van der Waals surface area contributed by atoms with Crippen molar-refractivity contribution >= 4 is 46.0 Å². The highest BCUT2D eigenvalue weighted by Crippen LogP contribution is 2.36. The van der Waals surface area contributed by atoms with E-state index in [0.717, 1.165) is 44.2 Å². The Balaban J connectivity index is 0.00000304. The molecule has 36 heavy (non-hydrogen) atoms. The van der Waals surface area contributed by atoms with Gasteiger partial charge in [-0.1, -0.05) is 37.6 Å². The number of hydrogen-bond acceptors (Lipinski definition) is 5. The number of nitrogens with one attached hydrogen (secondary N) is 1. The summed E-state index contributed by atoms with van der Waals surface area (Å²) in [6, 6.07) is 17.6. The Morgan fingerprint density at radius 1 is 0.778 bits per heavy atom. The molecule has 7 heteroatoms. The van der Waals surface area contributed by atoms with Gasteiger partial charge in [0.05, 0.1) is 5.39 Å². The molecule has 1 N–H and O–H groups in total. The van der Waals surface area contributed by atoms with Crippen molar-refractivity contribution in [3.63, 3.8) is 0 Å². The molecule has 0 saturated carbocycles. The molecule has 0 radical (unpaired) electrons. The number of imide groups is 1. The minimum Gasteiger partial charge on any atom is -0.456 e. The van der Waals surface area contributed by atoms with Gasteiger partial charge in [-0.2, -0.15) is 0 Å². The van der Waals surface area contributed by atoms with E-state index in [2.05, 4.69) is 12.2 Å². The lowest BCUT2D eigenvalue weighted by Crippen LogP contribution is -2.41. The lowest BCUT2D eigenvalue weighted by atomic mass is 9.90. The van der Waals surface area contributed by atoms with E-state index in [0.29, 0.717) is 45.4 Å². The minimum absolute atomic E-state index is 0. The van der Waals surface area contributed by atoms with Crippen molar-refractivity contribution in [1.29, 1.82) is 0 Å². The van der Waals surface area contributed by atoms with E-state index in [1.54, 1.807) is 36.4 Å². The number of benzene rings is 3. The Hall–Kier alpha value is -3.48. The van der Waals surface area contributed by atoms with Crippen LogP contribution in [0.15, 0.2) is 69.9 Å². The topological polar surface area (TPSA) is 79.6 Å². The first-order valence-electron chi connectivity index (χ1n) is 12.3. The third-order valence-electron chi connectivity index (χ3n) is 6.58.